The minimum atomic E-state index is -4.54. The highest BCUT2D eigenvalue weighted by Crippen LogP contribution is 2.43. The summed E-state index contributed by atoms with van der Waals surface area (Å²) in [5.41, 5.74) is 1.43. The number of hydrogen-bond donors (Lipinski definition) is 1. The maximum Gasteiger partial charge on any atom is 0.410 e. The van der Waals surface area contributed by atoms with Gasteiger partial charge in [-0.25, -0.2) is 4.68 Å². The average Bonchev–Trinajstić information content (AvgIpc) is 3.52. The number of para-hydroxylation sites is 1. The maximum atomic E-state index is 13.9. The third kappa shape index (κ3) is 4.28. The summed E-state index contributed by atoms with van der Waals surface area (Å²) in [5, 5.41) is 7.16. The first-order valence-corrected chi connectivity index (χ1v) is 10.8. The molecule has 3 heterocycles. The Hall–Kier alpha value is -4.01. The molecule has 0 unspecified atom stereocenters. The van der Waals surface area contributed by atoms with Gasteiger partial charge in [0.1, 0.15) is 11.6 Å². The van der Waals surface area contributed by atoms with Crippen LogP contribution in [0.5, 0.6) is 0 Å². The first kappa shape index (κ1) is 21.8. The zero-order valence-corrected chi connectivity index (χ0v) is 17.9. The van der Waals surface area contributed by atoms with Crippen molar-refractivity contribution >= 4 is 17.4 Å². The molecule has 5 rings (SSSR count). The van der Waals surface area contributed by atoms with Crippen LogP contribution in [0.2, 0.25) is 0 Å². The molecule has 1 aliphatic rings. The zero-order valence-electron chi connectivity index (χ0n) is 17.9. The van der Waals surface area contributed by atoms with Gasteiger partial charge in [0, 0.05) is 18.2 Å². The first-order valence-electron chi connectivity index (χ1n) is 10.8. The van der Waals surface area contributed by atoms with Crippen LogP contribution in [0, 0.1) is 0 Å². The molecule has 34 heavy (non-hydrogen) atoms. The van der Waals surface area contributed by atoms with Gasteiger partial charge in [-0.1, -0.05) is 48.5 Å². The van der Waals surface area contributed by atoms with Gasteiger partial charge in [-0.3, -0.25) is 4.79 Å². The molecular formula is C25H21F3N4O2. The lowest BCUT2D eigenvalue weighted by Crippen LogP contribution is -2.36. The topological polar surface area (TPSA) is 63.3 Å². The summed E-state index contributed by atoms with van der Waals surface area (Å²) in [6, 6.07) is 20.4. The van der Waals surface area contributed by atoms with E-state index in [1.165, 1.54) is 17.2 Å². The SMILES string of the molecule is O=C(c1cc2n(n1)[C@H](C(F)(F)F)C[C@H](c1ccco1)N2)N(Cc1ccccc1)c1ccccc1. The number of fused-ring (bicyclic) bond motifs is 1. The van der Waals surface area contributed by atoms with Crippen molar-refractivity contribution in [3.8, 4) is 0 Å². The number of rotatable bonds is 5. The quantitative estimate of drug-likeness (QED) is 0.393. The van der Waals surface area contributed by atoms with Crippen molar-refractivity contribution in [2.24, 2.45) is 0 Å². The minimum absolute atomic E-state index is 0.0726. The molecule has 174 valence electrons. The van der Waals surface area contributed by atoms with Gasteiger partial charge in [0.25, 0.3) is 5.91 Å². The molecule has 0 radical (unpaired) electrons. The van der Waals surface area contributed by atoms with Gasteiger partial charge >= 0.3 is 6.18 Å². The minimum Gasteiger partial charge on any atom is -0.467 e. The number of aromatic nitrogens is 2. The number of alkyl halides is 3. The van der Waals surface area contributed by atoms with Gasteiger partial charge < -0.3 is 14.6 Å². The Bertz CT molecular complexity index is 1250. The number of nitrogens with one attached hydrogen (secondary N) is 1. The lowest BCUT2D eigenvalue weighted by Gasteiger charge is -2.32. The highest BCUT2D eigenvalue weighted by Gasteiger charge is 2.47. The molecule has 2 aromatic heterocycles. The van der Waals surface area contributed by atoms with Crippen LogP contribution in [0.15, 0.2) is 89.5 Å². The molecule has 0 saturated carbocycles. The fourth-order valence-electron chi connectivity index (χ4n) is 4.15. The smallest absolute Gasteiger partial charge is 0.410 e. The molecule has 1 amide bonds. The number of furan rings is 1. The number of carbonyl (C=O) groups excluding carboxylic acids is 1. The Morgan fingerprint density at radius 3 is 2.41 bits per heavy atom. The Morgan fingerprint density at radius 2 is 1.76 bits per heavy atom. The molecule has 4 aromatic rings. The highest BCUT2D eigenvalue weighted by atomic mass is 19.4. The van der Waals surface area contributed by atoms with Crippen molar-refractivity contribution in [1.82, 2.24) is 9.78 Å². The number of anilines is 2. The predicted molar refractivity (Wildman–Crippen MR) is 120 cm³/mol. The van der Waals surface area contributed by atoms with E-state index in [2.05, 4.69) is 10.4 Å². The van der Waals surface area contributed by atoms with Gasteiger partial charge in [0.15, 0.2) is 11.7 Å². The van der Waals surface area contributed by atoms with Gasteiger partial charge in [-0.05, 0) is 29.8 Å². The Kier molecular flexibility index (Phi) is 5.61. The highest BCUT2D eigenvalue weighted by molar-refractivity contribution is 6.05. The summed E-state index contributed by atoms with van der Waals surface area (Å²) in [6.07, 6.45) is -3.43. The standard InChI is InChI=1S/C25H21F3N4O2/c26-25(27,28)22-14-19(21-12-7-13-34-21)29-23-15-20(30-32(22)23)24(33)31(18-10-5-2-6-11-18)16-17-8-3-1-4-9-17/h1-13,15,19,22,29H,14,16H2/t19-,22+/m1/s1. The van der Waals surface area contributed by atoms with Crippen molar-refractivity contribution < 1.29 is 22.4 Å². The summed E-state index contributed by atoms with van der Waals surface area (Å²) >= 11 is 0. The van der Waals surface area contributed by atoms with Crippen molar-refractivity contribution in [3.05, 3.63) is 102 Å². The van der Waals surface area contributed by atoms with Crippen LogP contribution in [0.1, 0.15) is 40.3 Å². The first-order chi connectivity index (χ1) is 16.4. The molecule has 0 aliphatic carbocycles. The summed E-state index contributed by atoms with van der Waals surface area (Å²) in [5.74, 6) is 0.0184. The van der Waals surface area contributed by atoms with Crippen LogP contribution in [0.3, 0.4) is 0 Å². The lowest BCUT2D eigenvalue weighted by atomic mass is 10.0. The van der Waals surface area contributed by atoms with E-state index in [0.29, 0.717) is 11.4 Å². The second-order valence-electron chi connectivity index (χ2n) is 8.08. The maximum absolute atomic E-state index is 13.9. The van der Waals surface area contributed by atoms with E-state index in [4.69, 9.17) is 4.42 Å². The number of hydrogen-bond acceptors (Lipinski definition) is 4. The van der Waals surface area contributed by atoms with Crippen LogP contribution in [0.4, 0.5) is 24.7 Å². The van der Waals surface area contributed by atoms with Gasteiger partial charge in [-0.2, -0.15) is 18.3 Å². The average molecular weight is 466 g/mol. The van der Waals surface area contributed by atoms with Gasteiger partial charge in [0.2, 0.25) is 0 Å². The Balaban J connectivity index is 1.51. The number of benzene rings is 2. The number of halogens is 3. The van der Waals surface area contributed by atoms with E-state index in [9.17, 15) is 18.0 Å². The van der Waals surface area contributed by atoms with Gasteiger partial charge in [0.05, 0.1) is 18.8 Å². The Morgan fingerprint density at radius 1 is 1.06 bits per heavy atom. The van der Waals surface area contributed by atoms with Crippen LogP contribution in [0.25, 0.3) is 0 Å². The van der Waals surface area contributed by atoms with Crippen molar-refractivity contribution in [2.75, 3.05) is 10.2 Å². The summed E-state index contributed by atoms with van der Waals surface area (Å²) in [6.45, 7) is 0.247. The summed E-state index contributed by atoms with van der Waals surface area (Å²) < 4.78 is 48.0. The van der Waals surface area contributed by atoms with E-state index >= 15 is 0 Å². The largest absolute Gasteiger partial charge is 0.467 e. The van der Waals surface area contributed by atoms with E-state index < -0.39 is 24.2 Å². The normalized spacial score (nSPS) is 17.6. The van der Waals surface area contributed by atoms with Crippen LogP contribution < -0.4 is 10.2 Å². The number of nitrogens with zero attached hydrogens (tertiary/aromatic N) is 3. The fraction of sp³-hybridized carbons (Fsp3) is 0.200. The zero-order chi connectivity index (χ0) is 23.7. The van der Waals surface area contributed by atoms with E-state index in [0.717, 1.165) is 10.2 Å². The molecule has 0 bridgehead atoms. The third-order valence-electron chi connectivity index (χ3n) is 5.79. The van der Waals surface area contributed by atoms with Crippen LogP contribution in [-0.4, -0.2) is 21.9 Å². The molecule has 6 nitrogen and oxygen atoms in total. The predicted octanol–water partition coefficient (Wildman–Crippen LogP) is 5.98. The van der Waals surface area contributed by atoms with Crippen molar-refractivity contribution in [3.63, 3.8) is 0 Å². The van der Waals surface area contributed by atoms with E-state index in [1.54, 1.807) is 36.4 Å². The second kappa shape index (κ2) is 8.74. The van der Waals surface area contributed by atoms with Crippen molar-refractivity contribution in [2.45, 2.75) is 31.2 Å². The monoisotopic (exact) mass is 466 g/mol. The van der Waals surface area contributed by atoms with Crippen LogP contribution in [-0.2, 0) is 6.54 Å². The summed E-state index contributed by atoms with van der Waals surface area (Å²) in [4.78, 5) is 15.1. The van der Waals surface area contributed by atoms with Crippen molar-refractivity contribution in [1.29, 1.82) is 0 Å². The summed E-state index contributed by atoms with van der Waals surface area (Å²) in [7, 11) is 0. The molecule has 9 heteroatoms. The Labute approximate surface area is 193 Å². The van der Waals surface area contributed by atoms with Crippen LogP contribution >= 0.6 is 0 Å². The van der Waals surface area contributed by atoms with E-state index in [1.807, 2.05) is 36.4 Å². The second-order valence-corrected chi connectivity index (χ2v) is 8.08. The molecule has 0 saturated heterocycles. The molecule has 0 fully saturated rings. The molecule has 0 spiro atoms. The molecule has 1 N–H and O–H groups in total. The van der Waals surface area contributed by atoms with Gasteiger partial charge in [-0.15, -0.1) is 0 Å². The number of carbonyl (C=O) groups is 1. The molecular weight excluding hydrogens is 445 g/mol. The van der Waals surface area contributed by atoms with E-state index in [-0.39, 0.29) is 24.5 Å². The fourth-order valence-corrected chi connectivity index (χ4v) is 4.15. The third-order valence-corrected chi connectivity index (χ3v) is 5.79. The number of amides is 1. The molecule has 2 atom stereocenters. The molecule has 1 aliphatic heterocycles. The lowest BCUT2D eigenvalue weighted by molar-refractivity contribution is -0.174. The molecule has 2 aromatic carbocycles.